The summed E-state index contributed by atoms with van der Waals surface area (Å²) in [6.45, 7) is 0.913. The molecule has 0 saturated carbocycles. The molecular formula is C18H18N2O3. The van der Waals surface area contributed by atoms with Crippen LogP contribution in [0.25, 0.3) is 11.0 Å². The van der Waals surface area contributed by atoms with E-state index in [1.165, 1.54) is 5.56 Å². The van der Waals surface area contributed by atoms with Crippen molar-refractivity contribution >= 4 is 16.8 Å². The zero-order valence-corrected chi connectivity index (χ0v) is 12.7. The van der Waals surface area contributed by atoms with Gasteiger partial charge in [-0.1, -0.05) is 41.6 Å². The first kappa shape index (κ1) is 14.1. The molecule has 2 aromatic carbocycles. The maximum Gasteiger partial charge on any atom is 0.185 e. The number of aliphatic hydroxyl groups excluding tert-OH is 1. The third-order valence-electron chi connectivity index (χ3n) is 4.17. The average Bonchev–Trinajstić information content (AvgIpc) is 2.96. The lowest BCUT2D eigenvalue weighted by Gasteiger charge is -2.25. The Balaban J connectivity index is 1.57. The largest absolute Gasteiger partial charge is 0.488 e. The first-order chi connectivity index (χ1) is 11.3. The van der Waals surface area contributed by atoms with Gasteiger partial charge in [-0.2, -0.15) is 0 Å². The van der Waals surface area contributed by atoms with Crippen molar-refractivity contribution in [3.8, 4) is 5.75 Å². The lowest BCUT2D eigenvalue weighted by Crippen LogP contribution is -2.39. The van der Waals surface area contributed by atoms with Crippen LogP contribution in [-0.2, 0) is 6.42 Å². The highest BCUT2D eigenvalue weighted by Crippen LogP contribution is 2.37. The summed E-state index contributed by atoms with van der Waals surface area (Å²) >= 11 is 0. The standard InChI is InChI=1S/C18H18N2O3/c21-16-12-22-14-9-4-10-15-17(14)18(19-23-15)20(16)11-5-8-13-6-2-1-3-7-13/h1-4,6-7,9-10,16,21H,5,8,11-12H2. The Bertz CT molecular complexity index is 800. The normalized spacial score (nSPS) is 17.1. The van der Waals surface area contributed by atoms with Gasteiger partial charge < -0.3 is 19.3 Å². The molecule has 0 bridgehead atoms. The number of aryl methyl sites for hydroxylation is 1. The Morgan fingerprint density at radius 2 is 2.00 bits per heavy atom. The van der Waals surface area contributed by atoms with Crippen molar-refractivity contribution < 1.29 is 14.4 Å². The Kier molecular flexibility index (Phi) is 3.63. The second-order valence-corrected chi connectivity index (χ2v) is 5.71. The zero-order valence-electron chi connectivity index (χ0n) is 12.7. The molecule has 5 heteroatoms. The molecule has 23 heavy (non-hydrogen) atoms. The third-order valence-corrected chi connectivity index (χ3v) is 4.17. The fourth-order valence-electron chi connectivity index (χ4n) is 3.01. The third kappa shape index (κ3) is 2.64. The van der Waals surface area contributed by atoms with Crippen molar-refractivity contribution in [1.82, 2.24) is 5.16 Å². The molecule has 0 spiro atoms. The first-order valence-corrected chi connectivity index (χ1v) is 7.83. The van der Waals surface area contributed by atoms with Gasteiger partial charge in [-0.05, 0) is 30.5 Å². The minimum atomic E-state index is -0.730. The molecule has 1 aliphatic rings. The molecule has 1 N–H and O–H groups in total. The van der Waals surface area contributed by atoms with Crippen LogP contribution in [0.2, 0.25) is 0 Å². The minimum Gasteiger partial charge on any atom is -0.488 e. The topological polar surface area (TPSA) is 58.7 Å². The molecular weight excluding hydrogens is 292 g/mol. The highest BCUT2D eigenvalue weighted by molar-refractivity contribution is 5.94. The monoisotopic (exact) mass is 310 g/mol. The number of aromatic nitrogens is 1. The van der Waals surface area contributed by atoms with Gasteiger partial charge in [0.15, 0.2) is 17.6 Å². The van der Waals surface area contributed by atoms with E-state index in [1.807, 2.05) is 41.3 Å². The van der Waals surface area contributed by atoms with Crippen molar-refractivity contribution in [2.45, 2.75) is 19.1 Å². The molecule has 0 amide bonds. The first-order valence-electron chi connectivity index (χ1n) is 7.83. The molecule has 4 rings (SSSR count). The van der Waals surface area contributed by atoms with E-state index in [0.717, 1.165) is 18.2 Å². The van der Waals surface area contributed by atoms with Crippen molar-refractivity contribution in [3.63, 3.8) is 0 Å². The molecule has 1 aliphatic heterocycles. The fourth-order valence-corrected chi connectivity index (χ4v) is 3.01. The Morgan fingerprint density at radius 1 is 1.13 bits per heavy atom. The summed E-state index contributed by atoms with van der Waals surface area (Å²) < 4.78 is 11.1. The van der Waals surface area contributed by atoms with Crippen LogP contribution in [0.1, 0.15) is 12.0 Å². The van der Waals surface area contributed by atoms with E-state index in [0.29, 0.717) is 23.7 Å². The summed E-state index contributed by atoms with van der Waals surface area (Å²) in [5.41, 5.74) is 1.97. The molecule has 0 saturated heterocycles. The lowest BCUT2D eigenvalue weighted by atomic mass is 10.1. The number of nitrogens with zero attached hydrogens (tertiary/aromatic N) is 2. The van der Waals surface area contributed by atoms with Crippen LogP contribution >= 0.6 is 0 Å². The Hall–Kier alpha value is -2.53. The van der Waals surface area contributed by atoms with Crippen LogP contribution in [-0.4, -0.2) is 29.6 Å². The van der Waals surface area contributed by atoms with Crippen LogP contribution in [0.5, 0.6) is 5.75 Å². The fraction of sp³-hybridized carbons (Fsp3) is 0.278. The summed E-state index contributed by atoms with van der Waals surface area (Å²) in [6.07, 6.45) is 1.14. The predicted octanol–water partition coefficient (Wildman–Crippen LogP) is 2.98. The zero-order chi connectivity index (χ0) is 15.6. The highest BCUT2D eigenvalue weighted by Gasteiger charge is 2.28. The van der Waals surface area contributed by atoms with Gasteiger partial charge in [-0.15, -0.1) is 0 Å². The van der Waals surface area contributed by atoms with Gasteiger partial charge in [-0.25, -0.2) is 0 Å². The van der Waals surface area contributed by atoms with E-state index in [9.17, 15) is 5.11 Å². The van der Waals surface area contributed by atoms with Crippen LogP contribution in [0.4, 0.5) is 5.82 Å². The van der Waals surface area contributed by atoms with E-state index in [4.69, 9.17) is 9.26 Å². The molecule has 0 radical (unpaired) electrons. The van der Waals surface area contributed by atoms with Gasteiger partial charge in [-0.3, -0.25) is 0 Å². The van der Waals surface area contributed by atoms with E-state index in [1.54, 1.807) is 0 Å². The SMILES string of the molecule is OC1COc2cccc3onc(c23)N1CCCc1ccccc1. The summed E-state index contributed by atoms with van der Waals surface area (Å²) in [5, 5.41) is 15.4. The number of hydrogen-bond donors (Lipinski definition) is 1. The molecule has 5 nitrogen and oxygen atoms in total. The van der Waals surface area contributed by atoms with Crippen molar-refractivity contribution in [1.29, 1.82) is 0 Å². The van der Waals surface area contributed by atoms with Crippen LogP contribution in [0.15, 0.2) is 53.1 Å². The van der Waals surface area contributed by atoms with Crippen molar-refractivity contribution in [2.75, 3.05) is 18.1 Å². The second-order valence-electron chi connectivity index (χ2n) is 5.71. The van der Waals surface area contributed by atoms with Crippen molar-refractivity contribution in [2.24, 2.45) is 0 Å². The average molecular weight is 310 g/mol. The summed E-state index contributed by atoms with van der Waals surface area (Å²) in [5.74, 6) is 1.37. The summed E-state index contributed by atoms with van der Waals surface area (Å²) in [7, 11) is 0. The molecule has 2 heterocycles. The van der Waals surface area contributed by atoms with Gasteiger partial charge in [0.25, 0.3) is 0 Å². The number of rotatable bonds is 4. The van der Waals surface area contributed by atoms with Crippen LogP contribution in [0, 0.1) is 0 Å². The van der Waals surface area contributed by atoms with Crippen LogP contribution in [0.3, 0.4) is 0 Å². The number of benzene rings is 2. The number of ether oxygens (including phenoxy) is 1. The summed E-state index contributed by atoms with van der Waals surface area (Å²) in [6, 6.07) is 15.9. The predicted molar refractivity (Wildman–Crippen MR) is 87.6 cm³/mol. The number of aliphatic hydroxyl groups is 1. The van der Waals surface area contributed by atoms with E-state index < -0.39 is 6.23 Å². The maximum absolute atomic E-state index is 10.4. The second kappa shape index (κ2) is 5.93. The van der Waals surface area contributed by atoms with Gasteiger partial charge in [0, 0.05) is 6.54 Å². The molecule has 1 aromatic heterocycles. The molecule has 3 aromatic rings. The van der Waals surface area contributed by atoms with Crippen LogP contribution < -0.4 is 9.64 Å². The highest BCUT2D eigenvalue weighted by atomic mass is 16.5. The Labute approximate surface area is 134 Å². The number of hydrogen-bond acceptors (Lipinski definition) is 5. The number of anilines is 1. The van der Waals surface area contributed by atoms with Gasteiger partial charge in [0.2, 0.25) is 0 Å². The van der Waals surface area contributed by atoms with Gasteiger partial charge in [0.1, 0.15) is 17.7 Å². The molecule has 1 unspecified atom stereocenters. The molecule has 0 fully saturated rings. The quantitative estimate of drug-likeness (QED) is 0.803. The van der Waals surface area contributed by atoms with E-state index >= 15 is 0 Å². The molecule has 0 aliphatic carbocycles. The minimum absolute atomic E-state index is 0.223. The molecule has 118 valence electrons. The van der Waals surface area contributed by atoms with E-state index in [2.05, 4.69) is 17.3 Å². The van der Waals surface area contributed by atoms with Crippen molar-refractivity contribution in [3.05, 3.63) is 54.1 Å². The maximum atomic E-state index is 10.4. The Morgan fingerprint density at radius 3 is 2.87 bits per heavy atom. The smallest absolute Gasteiger partial charge is 0.185 e. The van der Waals surface area contributed by atoms with Gasteiger partial charge >= 0.3 is 0 Å². The van der Waals surface area contributed by atoms with Gasteiger partial charge in [0.05, 0.1) is 0 Å². The summed E-state index contributed by atoms with van der Waals surface area (Å²) in [4.78, 5) is 1.87. The lowest BCUT2D eigenvalue weighted by molar-refractivity contribution is 0.105. The van der Waals surface area contributed by atoms with E-state index in [-0.39, 0.29) is 6.61 Å². The molecule has 1 atom stereocenters.